The maximum Gasteiger partial charge on any atom is 0.339 e. The summed E-state index contributed by atoms with van der Waals surface area (Å²) in [5, 5.41) is 9.08. The van der Waals surface area contributed by atoms with E-state index < -0.39 is 5.97 Å². The van der Waals surface area contributed by atoms with Gasteiger partial charge < -0.3 is 19.5 Å². The molecule has 5 heteroatoms. The summed E-state index contributed by atoms with van der Waals surface area (Å²) in [7, 11) is 2.10. The van der Waals surface area contributed by atoms with E-state index in [2.05, 4.69) is 18.9 Å². The lowest BCUT2D eigenvalue weighted by Gasteiger charge is -2.26. The van der Waals surface area contributed by atoms with Gasteiger partial charge in [0.05, 0.1) is 12.7 Å². The maximum absolute atomic E-state index is 11.1. The van der Waals surface area contributed by atoms with Gasteiger partial charge in [-0.05, 0) is 38.9 Å². The Bertz CT molecular complexity index is 477. The smallest absolute Gasteiger partial charge is 0.339 e. The molecule has 1 aromatic rings. The Kier molecular flexibility index (Phi) is 5.59. The van der Waals surface area contributed by atoms with Crippen LogP contribution in [0.5, 0.6) is 5.75 Å². The van der Waals surface area contributed by atoms with Crippen molar-refractivity contribution in [2.45, 2.75) is 31.9 Å². The zero-order valence-corrected chi connectivity index (χ0v) is 12.6. The number of carboxylic acids is 1. The fourth-order valence-corrected chi connectivity index (χ4v) is 2.73. The number of hydrogen-bond acceptors (Lipinski definition) is 4. The van der Waals surface area contributed by atoms with E-state index in [0.29, 0.717) is 18.4 Å². The number of aromatic carboxylic acids is 1. The van der Waals surface area contributed by atoms with Gasteiger partial charge in [-0.2, -0.15) is 0 Å². The Hall–Kier alpha value is -1.59. The number of carbonyl (C=O) groups is 1. The molecule has 2 rings (SSSR count). The second-order valence-corrected chi connectivity index (χ2v) is 5.42. The van der Waals surface area contributed by atoms with Gasteiger partial charge in [0.15, 0.2) is 0 Å². The molecule has 2 unspecified atom stereocenters. The molecule has 0 spiro atoms. The van der Waals surface area contributed by atoms with Gasteiger partial charge in [-0.1, -0.05) is 12.1 Å². The number of likely N-dealkylation sites (N-methyl/N-ethyl adjacent to an activating group) is 1. The zero-order valence-electron chi connectivity index (χ0n) is 12.6. The van der Waals surface area contributed by atoms with E-state index in [-0.39, 0.29) is 11.7 Å². The number of hydrogen-bond donors (Lipinski definition) is 1. The molecule has 1 saturated heterocycles. The van der Waals surface area contributed by atoms with Gasteiger partial charge in [0.2, 0.25) is 0 Å². The fourth-order valence-electron chi connectivity index (χ4n) is 2.73. The van der Waals surface area contributed by atoms with Crippen LogP contribution in [0.3, 0.4) is 0 Å². The molecule has 1 aliphatic heterocycles. The molecule has 0 bridgehead atoms. The predicted molar refractivity (Wildman–Crippen MR) is 80.0 cm³/mol. The van der Waals surface area contributed by atoms with Crippen LogP contribution in [0.1, 0.15) is 30.1 Å². The molecule has 0 saturated carbocycles. The molecule has 5 nitrogen and oxygen atoms in total. The van der Waals surface area contributed by atoms with Crippen LogP contribution >= 0.6 is 0 Å². The first-order valence-corrected chi connectivity index (χ1v) is 7.36. The van der Waals surface area contributed by atoms with E-state index in [0.717, 1.165) is 26.0 Å². The highest BCUT2D eigenvalue weighted by Crippen LogP contribution is 2.19. The van der Waals surface area contributed by atoms with Gasteiger partial charge in [0.1, 0.15) is 11.3 Å². The molecule has 2 atom stereocenters. The summed E-state index contributed by atoms with van der Waals surface area (Å²) in [6.45, 7) is 4.36. The van der Waals surface area contributed by atoms with Crippen LogP contribution in [0.25, 0.3) is 0 Å². The van der Waals surface area contributed by atoms with Crippen LogP contribution in [0.2, 0.25) is 0 Å². The monoisotopic (exact) mass is 293 g/mol. The van der Waals surface area contributed by atoms with Crippen molar-refractivity contribution >= 4 is 5.97 Å². The third-order valence-electron chi connectivity index (χ3n) is 3.93. The summed E-state index contributed by atoms with van der Waals surface area (Å²) in [4.78, 5) is 13.4. The molecule has 0 aliphatic carbocycles. The molecule has 0 radical (unpaired) electrons. The van der Waals surface area contributed by atoms with E-state index in [4.69, 9.17) is 14.6 Å². The van der Waals surface area contributed by atoms with E-state index >= 15 is 0 Å². The topological polar surface area (TPSA) is 59.0 Å². The van der Waals surface area contributed by atoms with Crippen molar-refractivity contribution in [2.75, 3.05) is 26.8 Å². The summed E-state index contributed by atoms with van der Waals surface area (Å²) in [5.74, 6) is -0.523. The SMILES string of the molecule is CC1OCCC1N(C)CCCOc1ccccc1C(=O)O. The van der Waals surface area contributed by atoms with Gasteiger partial charge >= 0.3 is 5.97 Å². The molecule has 1 aromatic carbocycles. The van der Waals surface area contributed by atoms with Crippen molar-refractivity contribution in [1.29, 1.82) is 0 Å². The molecule has 1 N–H and O–H groups in total. The number of rotatable bonds is 7. The Morgan fingerprint density at radius 1 is 1.48 bits per heavy atom. The third-order valence-corrected chi connectivity index (χ3v) is 3.93. The molecule has 1 aliphatic rings. The summed E-state index contributed by atoms with van der Waals surface area (Å²) in [5.41, 5.74) is 0.212. The average Bonchev–Trinajstić information content (AvgIpc) is 2.90. The molecule has 21 heavy (non-hydrogen) atoms. The van der Waals surface area contributed by atoms with Gasteiger partial charge in [0.25, 0.3) is 0 Å². The minimum Gasteiger partial charge on any atom is -0.493 e. The molecule has 0 aromatic heterocycles. The van der Waals surface area contributed by atoms with Crippen LogP contribution in [0.4, 0.5) is 0 Å². The highest BCUT2D eigenvalue weighted by atomic mass is 16.5. The molecule has 1 heterocycles. The largest absolute Gasteiger partial charge is 0.493 e. The Balaban J connectivity index is 1.76. The Labute approximate surface area is 125 Å². The lowest BCUT2D eigenvalue weighted by molar-refractivity contribution is 0.0690. The van der Waals surface area contributed by atoms with Crippen molar-refractivity contribution in [3.8, 4) is 5.75 Å². The molecule has 1 fully saturated rings. The van der Waals surface area contributed by atoms with E-state index in [1.54, 1.807) is 24.3 Å². The van der Waals surface area contributed by atoms with Crippen LogP contribution in [0, 0.1) is 0 Å². The molecule has 0 amide bonds. The van der Waals surface area contributed by atoms with E-state index in [1.807, 2.05) is 0 Å². The summed E-state index contributed by atoms with van der Waals surface area (Å²) >= 11 is 0. The average molecular weight is 293 g/mol. The van der Waals surface area contributed by atoms with Crippen molar-refractivity contribution in [2.24, 2.45) is 0 Å². The first-order valence-electron chi connectivity index (χ1n) is 7.36. The second kappa shape index (κ2) is 7.43. The minimum absolute atomic E-state index is 0.212. The summed E-state index contributed by atoms with van der Waals surface area (Å²) in [6, 6.07) is 7.20. The Morgan fingerprint density at radius 3 is 2.90 bits per heavy atom. The minimum atomic E-state index is -0.959. The Morgan fingerprint density at radius 2 is 2.24 bits per heavy atom. The van der Waals surface area contributed by atoms with Crippen LogP contribution in [-0.4, -0.2) is 54.9 Å². The number of benzene rings is 1. The van der Waals surface area contributed by atoms with Gasteiger partial charge in [-0.25, -0.2) is 4.79 Å². The van der Waals surface area contributed by atoms with Crippen molar-refractivity contribution in [3.05, 3.63) is 29.8 Å². The first kappa shape index (κ1) is 15.8. The number of nitrogens with zero attached hydrogens (tertiary/aromatic N) is 1. The fraction of sp³-hybridized carbons (Fsp3) is 0.562. The summed E-state index contributed by atoms with van der Waals surface area (Å²) in [6.07, 6.45) is 2.21. The number of para-hydroxylation sites is 1. The predicted octanol–water partition coefficient (Wildman–Crippen LogP) is 2.26. The number of carboxylic acid groups (broad SMARTS) is 1. The van der Waals surface area contributed by atoms with Crippen molar-refractivity contribution in [3.63, 3.8) is 0 Å². The van der Waals surface area contributed by atoms with Crippen LogP contribution in [0.15, 0.2) is 24.3 Å². The second-order valence-electron chi connectivity index (χ2n) is 5.42. The van der Waals surface area contributed by atoms with Gasteiger partial charge in [-0.15, -0.1) is 0 Å². The van der Waals surface area contributed by atoms with E-state index in [9.17, 15) is 4.79 Å². The highest BCUT2D eigenvalue weighted by Gasteiger charge is 2.27. The number of ether oxygens (including phenoxy) is 2. The van der Waals surface area contributed by atoms with E-state index in [1.165, 1.54) is 0 Å². The first-order chi connectivity index (χ1) is 10.1. The third kappa shape index (κ3) is 4.19. The molecular weight excluding hydrogens is 270 g/mol. The lowest BCUT2D eigenvalue weighted by atomic mass is 10.1. The lowest BCUT2D eigenvalue weighted by Crippen LogP contribution is -2.37. The normalized spacial score (nSPS) is 21.7. The molecular formula is C16H23NO4. The molecule has 116 valence electrons. The van der Waals surface area contributed by atoms with Crippen molar-refractivity contribution < 1.29 is 19.4 Å². The summed E-state index contributed by atoms with van der Waals surface area (Å²) < 4.78 is 11.2. The van der Waals surface area contributed by atoms with Crippen LogP contribution < -0.4 is 4.74 Å². The van der Waals surface area contributed by atoms with Crippen LogP contribution in [-0.2, 0) is 4.74 Å². The van der Waals surface area contributed by atoms with Gasteiger partial charge in [0, 0.05) is 19.2 Å². The standard InChI is InChI=1S/C16H23NO4/c1-12-14(8-11-20-12)17(2)9-5-10-21-15-7-4-3-6-13(15)16(18)19/h3-4,6-7,12,14H,5,8-11H2,1-2H3,(H,18,19). The van der Waals surface area contributed by atoms with Gasteiger partial charge in [-0.3, -0.25) is 0 Å². The maximum atomic E-state index is 11.1. The quantitative estimate of drug-likeness (QED) is 0.781. The highest BCUT2D eigenvalue weighted by molar-refractivity contribution is 5.90. The zero-order chi connectivity index (χ0) is 15.2. The van der Waals surface area contributed by atoms with Crippen molar-refractivity contribution in [1.82, 2.24) is 4.90 Å².